The second-order valence-corrected chi connectivity index (χ2v) is 6.76. The largest absolute Gasteiger partial charge is 0.382 e. The number of nitrogens with one attached hydrogen (secondary N) is 1. The van der Waals surface area contributed by atoms with Crippen molar-refractivity contribution >= 4 is 5.91 Å². The van der Waals surface area contributed by atoms with Gasteiger partial charge in [-0.1, -0.05) is 19.1 Å². The van der Waals surface area contributed by atoms with Gasteiger partial charge < -0.3 is 15.0 Å². The van der Waals surface area contributed by atoms with Crippen LogP contribution in [0.2, 0.25) is 0 Å². The highest BCUT2D eigenvalue weighted by molar-refractivity contribution is 5.76. The molecule has 22 heavy (non-hydrogen) atoms. The van der Waals surface area contributed by atoms with Crippen LogP contribution in [0.1, 0.15) is 46.0 Å². The summed E-state index contributed by atoms with van der Waals surface area (Å²) < 4.78 is 5.40. The molecule has 3 unspecified atom stereocenters. The Morgan fingerprint density at radius 3 is 2.95 bits per heavy atom. The third-order valence-corrected chi connectivity index (χ3v) is 4.86. The van der Waals surface area contributed by atoms with Gasteiger partial charge in [-0.25, -0.2) is 0 Å². The molecule has 0 aromatic carbocycles. The lowest BCUT2D eigenvalue weighted by molar-refractivity contribution is -0.123. The van der Waals surface area contributed by atoms with Crippen LogP contribution in [0.4, 0.5) is 0 Å². The highest BCUT2D eigenvalue weighted by atomic mass is 16.5. The van der Waals surface area contributed by atoms with Gasteiger partial charge in [0.25, 0.3) is 0 Å². The molecule has 0 radical (unpaired) electrons. The maximum absolute atomic E-state index is 12.2. The first-order valence-electron chi connectivity index (χ1n) is 8.95. The van der Waals surface area contributed by atoms with E-state index >= 15 is 0 Å². The summed E-state index contributed by atoms with van der Waals surface area (Å²) in [5.41, 5.74) is 0. The van der Waals surface area contributed by atoms with E-state index < -0.39 is 0 Å². The topological polar surface area (TPSA) is 41.6 Å². The van der Waals surface area contributed by atoms with Crippen LogP contribution in [0.15, 0.2) is 12.2 Å². The zero-order valence-electron chi connectivity index (χ0n) is 14.2. The van der Waals surface area contributed by atoms with Crippen molar-refractivity contribution < 1.29 is 9.53 Å². The quantitative estimate of drug-likeness (QED) is 0.553. The fraction of sp³-hybridized carbons (Fsp3) is 0.833. The first kappa shape index (κ1) is 17.5. The van der Waals surface area contributed by atoms with Gasteiger partial charge in [-0.15, -0.1) is 0 Å². The van der Waals surface area contributed by atoms with E-state index in [1.165, 1.54) is 0 Å². The predicted octanol–water partition coefficient (Wildman–Crippen LogP) is 2.60. The zero-order valence-corrected chi connectivity index (χ0v) is 14.2. The van der Waals surface area contributed by atoms with Crippen LogP contribution in [0.25, 0.3) is 0 Å². The summed E-state index contributed by atoms with van der Waals surface area (Å²) in [6.45, 7) is 9.24. The monoisotopic (exact) mass is 308 g/mol. The molecule has 4 heteroatoms. The number of likely N-dealkylation sites (tertiary alicyclic amines) is 1. The van der Waals surface area contributed by atoms with E-state index in [-0.39, 0.29) is 5.91 Å². The molecule has 1 aliphatic heterocycles. The third kappa shape index (κ3) is 5.73. The van der Waals surface area contributed by atoms with Crippen molar-refractivity contribution in [2.45, 2.75) is 52.0 Å². The molecular formula is C18H32N2O2. The molecule has 2 rings (SSSR count). The Hall–Kier alpha value is -0.870. The number of piperidine rings is 1. The molecule has 0 bridgehead atoms. The van der Waals surface area contributed by atoms with E-state index in [9.17, 15) is 4.79 Å². The number of hydrogen-bond acceptors (Lipinski definition) is 3. The van der Waals surface area contributed by atoms with Gasteiger partial charge in [-0.2, -0.15) is 0 Å². The van der Waals surface area contributed by atoms with E-state index in [1.807, 2.05) is 6.92 Å². The van der Waals surface area contributed by atoms with Gasteiger partial charge in [0.15, 0.2) is 0 Å². The van der Waals surface area contributed by atoms with E-state index in [0.717, 1.165) is 58.5 Å². The molecule has 1 amide bonds. The summed E-state index contributed by atoms with van der Waals surface area (Å²) >= 11 is 0. The van der Waals surface area contributed by atoms with E-state index in [4.69, 9.17) is 4.74 Å². The second-order valence-electron chi connectivity index (χ2n) is 6.76. The molecule has 1 saturated heterocycles. The van der Waals surface area contributed by atoms with Gasteiger partial charge in [-0.05, 0) is 44.4 Å². The van der Waals surface area contributed by atoms with Crippen molar-refractivity contribution in [1.29, 1.82) is 0 Å². The van der Waals surface area contributed by atoms with Gasteiger partial charge in [0.2, 0.25) is 5.91 Å². The molecule has 0 saturated carbocycles. The Labute approximate surface area is 135 Å². The van der Waals surface area contributed by atoms with Crippen LogP contribution in [0.5, 0.6) is 0 Å². The van der Waals surface area contributed by atoms with Crippen molar-refractivity contribution in [3.63, 3.8) is 0 Å². The third-order valence-electron chi connectivity index (χ3n) is 4.86. The van der Waals surface area contributed by atoms with Gasteiger partial charge in [0, 0.05) is 45.3 Å². The van der Waals surface area contributed by atoms with Crippen LogP contribution in [-0.2, 0) is 9.53 Å². The average Bonchev–Trinajstić information content (AvgIpc) is 2.99. The first-order valence-corrected chi connectivity index (χ1v) is 8.95. The lowest BCUT2D eigenvalue weighted by Crippen LogP contribution is -2.50. The second kappa shape index (κ2) is 9.31. The van der Waals surface area contributed by atoms with Gasteiger partial charge >= 0.3 is 0 Å². The predicted molar refractivity (Wildman–Crippen MR) is 89.7 cm³/mol. The maximum atomic E-state index is 12.2. The molecule has 0 aromatic rings. The van der Waals surface area contributed by atoms with Crippen LogP contribution in [-0.4, -0.2) is 49.7 Å². The molecule has 1 N–H and O–H groups in total. The number of allylic oxidation sites excluding steroid dienone is 2. The standard InChI is InChI=1S/C18H32N2O2/c1-3-22-12-6-10-20-11-9-17(15(2)14-20)19-18(21)13-16-7-4-5-8-16/h4,7,15-17H,3,5-6,8-14H2,1-2H3,(H,19,21). The minimum atomic E-state index is 0.234. The first-order chi connectivity index (χ1) is 10.7. The summed E-state index contributed by atoms with van der Waals surface area (Å²) in [5.74, 6) is 1.23. The fourth-order valence-corrected chi connectivity index (χ4v) is 3.55. The summed E-state index contributed by atoms with van der Waals surface area (Å²) in [5, 5.41) is 3.27. The lowest BCUT2D eigenvalue weighted by atomic mass is 9.93. The molecule has 2 aliphatic rings. The van der Waals surface area contributed by atoms with Gasteiger partial charge in [0.05, 0.1) is 0 Å². The highest BCUT2D eigenvalue weighted by Crippen LogP contribution is 2.21. The fourth-order valence-electron chi connectivity index (χ4n) is 3.55. The molecule has 1 aliphatic carbocycles. The normalized spacial score (nSPS) is 28.9. The minimum Gasteiger partial charge on any atom is -0.382 e. The van der Waals surface area contributed by atoms with Crippen LogP contribution < -0.4 is 5.32 Å². The van der Waals surface area contributed by atoms with Crippen molar-refractivity contribution in [2.75, 3.05) is 32.8 Å². The molecular weight excluding hydrogens is 276 g/mol. The Balaban J connectivity index is 1.64. The summed E-state index contributed by atoms with van der Waals surface area (Å²) in [6.07, 6.45) is 9.51. The maximum Gasteiger partial charge on any atom is 0.220 e. The molecule has 126 valence electrons. The molecule has 1 fully saturated rings. The van der Waals surface area contributed by atoms with Crippen LogP contribution in [0, 0.1) is 11.8 Å². The molecule has 1 heterocycles. The zero-order chi connectivity index (χ0) is 15.8. The lowest BCUT2D eigenvalue weighted by Gasteiger charge is -2.37. The molecule has 3 atom stereocenters. The Bertz CT molecular complexity index is 370. The van der Waals surface area contributed by atoms with E-state index in [2.05, 4.69) is 29.3 Å². The van der Waals surface area contributed by atoms with Crippen LogP contribution >= 0.6 is 0 Å². The highest BCUT2D eigenvalue weighted by Gasteiger charge is 2.27. The van der Waals surface area contributed by atoms with E-state index in [1.54, 1.807) is 0 Å². The van der Waals surface area contributed by atoms with Gasteiger partial charge in [-0.3, -0.25) is 4.79 Å². The number of ether oxygens (including phenoxy) is 1. The molecule has 4 nitrogen and oxygen atoms in total. The number of nitrogens with zero attached hydrogens (tertiary/aromatic N) is 1. The van der Waals surface area contributed by atoms with Crippen molar-refractivity contribution in [2.24, 2.45) is 11.8 Å². The summed E-state index contributed by atoms with van der Waals surface area (Å²) in [4.78, 5) is 14.7. The SMILES string of the molecule is CCOCCCN1CCC(NC(=O)CC2C=CCC2)C(C)C1. The van der Waals surface area contributed by atoms with Crippen molar-refractivity contribution in [3.8, 4) is 0 Å². The number of amides is 1. The Morgan fingerprint density at radius 2 is 2.27 bits per heavy atom. The molecule has 0 spiro atoms. The molecule has 0 aromatic heterocycles. The number of hydrogen-bond donors (Lipinski definition) is 1. The Kier molecular flexibility index (Phi) is 7.40. The number of carbonyl (C=O) groups is 1. The Morgan fingerprint density at radius 1 is 1.41 bits per heavy atom. The summed E-state index contributed by atoms with van der Waals surface area (Å²) in [7, 11) is 0. The van der Waals surface area contributed by atoms with Crippen LogP contribution in [0.3, 0.4) is 0 Å². The van der Waals surface area contributed by atoms with Crippen molar-refractivity contribution in [3.05, 3.63) is 12.2 Å². The number of rotatable bonds is 8. The minimum absolute atomic E-state index is 0.234. The number of carbonyl (C=O) groups excluding carboxylic acids is 1. The van der Waals surface area contributed by atoms with Crippen molar-refractivity contribution in [1.82, 2.24) is 10.2 Å². The van der Waals surface area contributed by atoms with Gasteiger partial charge in [0.1, 0.15) is 0 Å². The van der Waals surface area contributed by atoms with E-state index in [0.29, 0.717) is 24.3 Å². The smallest absolute Gasteiger partial charge is 0.220 e. The summed E-state index contributed by atoms with van der Waals surface area (Å²) in [6, 6.07) is 0.348. The average molecular weight is 308 g/mol.